The number of anilines is 1. The largest absolute Gasteiger partial charge is 0.396 e. The van der Waals surface area contributed by atoms with Crippen LogP contribution in [0.3, 0.4) is 0 Å². The zero-order valence-corrected chi connectivity index (χ0v) is 12.3. The summed E-state index contributed by atoms with van der Waals surface area (Å²) in [5.74, 6) is 0. The fraction of sp³-hybridized carbons (Fsp3) is 0.0588. The molecule has 0 aliphatic carbocycles. The Morgan fingerprint density at radius 3 is 2.52 bits per heavy atom. The van der Waals surface area contributed by atoms with E-state index in [2.05, 4.69) is 30.1 Å². The first-order chi connectivity index (χ1) is 10.2. The van der Waals surface area contributed by atoms with E-state index in [9.17, 15) is 5.26 Å². The summed E-state index contributed by atoms with van der Waals surface area (Å²) in [7, 11) is 0. The quantitative estimate of drug-likeness (QED) is 0.768. The third-order valence-corrected chi connectivity index (χ3v) is 4.55. The monoisotopic (exact) mass is 291 g/mol. The van der Waals surface area contributed by atoms with Gasteiger partial charge in [0.1, 0.15) is 10.9 Å². The Bertz CT molecular complexity index is 829. The van der Waals surface area contributed by atoms with Gasteiger partial charge in [0, 0.05) is 22.8 Å². The standard InChI is InChI=1S/C17H13N3S/c1-11-4-2-3-5-13(11)17-15(12-6-8-20-9-7-12)16(19)14(10-18)21-17/h2-9H,19H2,1H3. The second kappa shape index (κ2) is 5.39. The third-order valence-electron chi connectivity index (χ3n) is 3.41. The molecule has 4 heteroatoms. The summed E-state index contributed by atoms with van der Waals surface area (Å²) in [4.78, 5) is 5.64. The Kier molecular flexibility index (Phi) is 3.43. The van der Waals surface area contributed by atoms with E-state index in [0.717, 1.165) is 21.6 Å². The van der Waals surface area contributed by atoms with Gasteiger partial charge in [-0.3, -0.25) is 4.98 Å². The first kappa shape index (κ1) is 13.3. The second-order valence-electron chi connectivity index (χ2n) is 4.71. The first-order valence-electron chi connectivity index (χ1n) is 6.51. The number of benzene rings is 1. The average Bonchev–Trinajstić information content (AvgIpc) is 2.85. The van der Waals surface area contributed by atoms with Crippen LogP contribution in [0.1, 0.15) is 10.4 Å². The van der Waals surface area contributed by atoms with Gasteiger partial charge in [-0.15, -0.1) is 11.3 Å². The van der Waals surface area contributed by atoms with Crippen LogP contribution < -0.4 is 5.73 Å². The maximum absolute atomic E-state index is 9.29. The molecule has 1 aromatic carbocycles. The Morgan fingerprint density at radius 1 is 1.14 bits per heavy atom. The zero-order chi connectivity index (χ0) is 14.8. The summed E-state index contributed by atoms with van der Waals surface area (Å²) in [5, 5.41) is 9.29. The number of pyridine rings is 1. The molecule has 2 heterocycles. The summed E-state index contributed by atoms with van der Waals surface area (Å²) in [6, 6.07) is 14.2. The van der Waals surface area contributed by atoms with Crippen LogP contribution in [-0.4, -0.2) is 4.98 Å². The van der Waals surface area contributed by atoms with E-state index in [-0.39, 0.29) is 0 Å². The van der Waals surface area contributed by atoms with Crippen LogP contribution in [0.2, 0.25) is 0 Å². The van der Waals surface area contributed by atoms with Crippen molar-refractivity contribution >= 4 is 17.0 Å². The predicted molar refractivity (Wildman–Crippen MR) is 86.9 cm³/mol. The van der Waals surface area contributed by atoms with Crippen molar-refractivity contribution in [2.45, 2.75) is 6.92 Å². The highest BCUT2D eigenvalue weighted by Crippen LogP contribution is 2.45. The van der Waals surface area contributed by atoms with Crippen LogP contribution in [0.4, 0.5) is 5.69 Å². The van der Waals surface area contributed by atoms with Crippen molar-refractivity contribution in [2.24, 2.45) is 0 Å². The molecule has 3 aromatic rings. The van der Waals surface area contributed by atoms with Gasteiger partial charge in [-0.05, 0) is 35.7 Å². The number of rotatable bonds is 2. The zero-order valence-electron chi connectivity index (χ0n) is 11.5. The molecule has 0 fully saturated rings. The lowest BCUT2D eigenvalue weighted by Crippen LogP contribution is -1.90. The molecule has 0 amide bonds. The van der Waals surface area contributed by atoms with Gasteiger partial charge in [0.25, 0.3) is 0 Å². The van der Waals surface area contributed by atoms with Gasteiger partial charge in [-0.1, -0.05) is 24.3 Å². The van der Waals surface area contributed by atoms with E-state index in [1.807, 2.05) is 24.3 Å². The minimum Gasteiger partial charge on any atom is -0.396 e. The molecule has 0 spiro atoms. The van der Waals surface area contributed by atoms with Crippen LogP contribution in [0.25, 0.3) is 21.6 Å². The van der Waals surface area contributed by atoms with Gasteiger partial charge in [0.2, 0.25) is 0 Å². The van der Waals surface area contributed by atoms with E-state index < -0.39 is 0 Å². The molecular formula is C17H13N3S. The molecule has 21 heavy (non-hydrogen) atoms. The fourth-order valence-corrected chi connectivity index (χ4v) is 3.48. The highest BCUT2D eigenvalue weighted by Gasteiger charge is 2.19. The van der Waals surface area contributed by atoms with Crippen LogP contribution >= 0.6 is 11.3 Å². The van der Waals surface area contributed by atoms with Gasteiger partial charge in [-0.2, -0.15) is 5.26 Å². The summed E-state index contributed by atoms with van der Waals surface area (Å²) in [6.45, 7) is 2.06. The third kappa shape index (κ3) is 2.28. The van der Waals surface area contributed by atoms with E-state index in [4.69, 9.17) is 5.73 Å². The summed E-state index contributed by atoms with van der Waals surface area (Å²) < 4.78 is 0. The van der Waals surface area contributed by atoms with E-state index in [0.29, 0.717) is 10.6 Å². The van der Waals surface area contributed by atoms with E-state index in [1.165, 1.54) is 16.9 Å². The Labute approximate surface area is 127 Å². The van der Waals surface area contributed by atoms with Crippen LogP contribution in [0.15, 0.2) is 48.8 Å². The van der Waals surface area contributed by atoms with Crippen molar-refractivity contribution in [3.05, 3.63) is 59.2 Å². The molecule has 0 radical (unpaired) electrons. The summed E-state index contributed by atoms with van der Waals surface area (Å²) in [6.07, 6.45) is 3.47. The Hall–Kier alpha value is -2.64. The van der Waals surface area contributed by atoms with Crippen LogP contribution in [-0.2, 0) is 0 Å². The maximum Gasteiger partial charge on any atom is 0.129 e. The highest BCUT2D eigenvalue weighted by molar-refractivity contribution is 7.17. The number of aromatic nitrogens is 1. The van der Waals surface area contributed by atoms with Gasteiger partial charge in [-0.25, -0.2) is 0 Å². The molecule has 0 saturated carbocycles. The molecule has 0 aliphatic rings. The Morgan fingerprint density at radius 2 is 1.86 bits per heavy atom. The lowest BCUT2D eigenvalue weighted by Gasteiger charge is -2.08. The van der Waals surface area contributed by atoms with Gasteiger partial charge in [0.05, 0.1) is 5.69 Å². The predicted octanol–water partition coefficient (Wildman–Crippen LogP) is 4.24. The average molecular weight is 291 g/mol. The molecule has 3 nitrogen and oxygen atoms in total. The van der Waals surface area contributed by atoms with Crippen molar-refractivity contribution in [3.8, 4) is 27.6 Å². The van der Waals surface area contributed by atoms with Crippen LogP contribution in [0, 0.1) is 18.3 Å². The van der Waals surface area contributed by atoms with Gasteiger partial charge < -0.3 is 5.73 Å². The molecular weight excluding hydrogens is 278 g/mol. The minimum absolute atomic E-state index is 0.548. The maximum atomic E-state index is 9.29. The number of nitrogen functional groups attached to an aromatic ring is 1. The summed E-state index contributed by atoms with van der Waals surface area (Å²) in [5.41, 5.74) is 10.9. The highest BCUT2D eigenvalue weighted by atomic mass is 32.1. The number of hydrogen-bond acceptors (Lipinski definition) is 4. The molecule has 0 aliphatic heterocycles. The van der Waals surface area contributed by atoms with E-state index in [1.54, 1.807) is 12.4 Å². The van der Waals surface area contributed by atoms with E-state index >= 15 is 0 Å². The van der Waals surface area contributed by atoms with Crippen molar-refractivity contribution in [1.82, 2.24) is 4.98 Å². The van der Waals surface area contributed by atoms with Gasteiger partial charge >= 0.3 is 0 Å². The number of aryl methyl sites for hydroxylation is 1. The molecule has 102 valence electrons. The molecule has 2 N–H and O–H groups in total. The SMILES string of the molecule is Cc1ccccc1-c1sc(C#N)c(N)c1-c1ccncc1. The Balaban J connectivity index is 2.32. The lowest BCUT2D eigenvalue weighted by molar-refractivity contribution is 1.33. The topological polar surface area (TPSA) is 62.7 Å². The normalized spacial score (nSPS) is 10.3. The first-order valence-corrected chi connectivity index (χ1v) is 7.32. The number of nitrogens with two attached hydrogens (primary N) is 1. The number of thiophene rings is 1. The van der Waals surface area contributed by atoms with Crippen molar-refractivity contribution in [1.29, 1.82) is 5.26 Å². The molecule has 0 atom stereocenters. The number of nitrogens with zero attached hydrogens (tertiary/aromatic N) is 2. The number of hydrogen-bond donors (Lipinski definition) is 1. The molecule has 3 rings (SSSR count). The second-order valence-corrected chi connectivity index (χ2v) is 5.73. The summed E-state index contributed by atoms with van der Waals surface area (Å²) >= 11 is 1.44. The van der Waals surface area contributed by atoms with Crippen molar-refractivity contribution in [3.63, 3.8) is 0 Å². The van der Waals surface area contributed by atoms with Crippen LogP contribution in [0.5, 0.6) is 0 Å². The smallest absolute Gasteiger partial charge is 0.129 e. The minimum atomic E-state index is 0.548. The molecule has 0 bridgehead atoms. The molecule has 0 saturated heterocycles. The van der Waals surface area contributed by atoms with Crippen molar-refractivity contribution in [2.75, 3.05) is 5.73 Å². The van der Waals surface area contributed by atoms with Gasteiger partial charge in [0.15, 0.2) is 0 Å². The van der Waals surface area contributed by atoms with Crippen molar-refractivity contribution < 1.29 is 0 Å². The molecule has 0 unspecified atom stereocenters. The lowest BCUT2D eigenvalue weighted by atomic mass is 9.99. The fourth-order valence-electron chi connectivity index (χ4n) is 2.35. The molecule has 2 aromatic heterocycles. The number of nitriles is 1.